The molecule has 0 spiro atoms. The van der Waals surface area contributed by atoms with Gasteiger partial charge in [-0.1, -0.05) is 41.0 Å². The fourth-order valence-corrected chi connectivity index (χ4v) is 5.97. The molecule has 8 nitrogen and oxygen atoms in total. The van der Waals surface area contributed by atoms with Crippen LogP contribution in [0.4, 0.5) is 0 Å². The molecule has 3 rings (SSSR count). The first-order chi connectivity index (χ1) is 16.9. The van der Waals surface area contributed by atoms with Crippen molar-refractivity contribution in [3.05, 3.63) is 21.7 Å². The molecule has 2 saturated heterocycles. The second-order valence-electron chi connectivity index (χ2n) is 11.2. The number of hydrogen-bond acceptors (Lipinski definition) is 8. The summed E-state index contributed by atoms with van der Waals surface area (Å²) in [6.07, 6.45) is 2.26. The number of aliphatic hydroxyl groups excluding tert-OH is 3. The lowest BCUT2D eigenvalue weighted by atomic mass is 9.73. The Hall–Kier alpha value is -1.65. The maximum absolute atomic E-state index is 13.2. The number of nitrogens with zero attached hydrogens (tertiary/aromatic N) is 1. The van der Waals surface area contributed by atoms with Gasteiger partial charge >= 0.3 is 0 Å². The van der Waals surface area contributed by atoms with Crippen LogP contribution < -0.4 is 5.32 Å². The predicted molar refractivity (Wildman–Crippen MR) is 139 cm³/mol. The van der Waals surface area contributed by atoms with Crippen molar-refractivity contribution in [3.63, 3.8) is 0 Å². The van der Waals surface area contributed by atoms with Crippen molar-refractivity contribution < 1.29 is 29.6 Å². The van der Waals surface area contributed by atoms with E-state index in [2.05, 4.69) is 10.3 Å². The number of nitrogens with one attached hydrogen (secondary N) is 1. The molecule has 2 aliphatic rings. The van der Waals surface area contributed by atoms with Crippen molar-refractivity contribution in [1.29, 1.82) is 0 Å². The highest BCUT2D eigenvalue weighted by atomic mass is 32.1. The van der Waals surface area contributed by atoms with Gasteiger partial charge in [0.2, 0.25) is 5.91 Å². The highest BCUT2D eigenvalue weighted by Crippen LogP contribution is 2.38. The minimum absolute atomic E-state index is 0.00270. The van der Waals surface area contributed by atoms with Crippen molar-refractivity contribution >= 4 is 29.1 Å². The summed E-state index contributed by atoms with van der Waals surface area (Å²) >= 11 is 1.37. The second-order valence-corrected chi connectivity index (χ2v) is 12.2. The SMILES string of the molecule is C/C(=C\c1csc(CO)n1)[C@H]1NC(=O)C[C@H](O)C(C)(C)C(=O)[C@H](C)[C@@H](O)[C@@H](C)CCC[C@H]2O[C@H]2[C@@H]1C. The highest BCUT2D eigenvalue weighted by Gasteiger charge is 2.47. The smallest absolute Gasteiger partial charge is 0.223 e. The third kappa shape index (κ3) is 6.61. The van der Waals surface area contributed by atoms with Gasteiger partial charge in [0, 0.05) is 17.2 Å². The zero-order valence-corrected chi connectivity index (χ0v) is 23.0. The maximum atomic E-state index is 13.2. The predicted octanol–water partition coefficient (Wildman–Crippen LogP) is 3.09. The van der Waals surface area contributed by atoms with Gasteiger partial charge < -0.3 is 25.4 Å². The third-order valence-electron chi connectivity index (χ3n) is 8.06. The molecule has 1 aromatic heterocycles. The number of epoxide rings is 1. The van der Waals surface area contributed by atoms with Gasteiger partial charge in [0.15, 0.2) is 0 Å². The van der Waals surface area contributed by atoms with Crippen LogP contribution in [0.1, 0.15) is 77.9 Å². The Morgan fingerprint density at radius 2 is 1.94 bits per heavy atom. The zero-order chi connectivity index (χ0) is 26.8. The topological polar surface area (TPSA) is 132 Å². The van der Waals surface area contributed by atoms with Gasteiger partial charge in [-0.2, -0.15) is 0 Å². The first-order valence-corrected chi connectivity index (χ1v) is 13.8. The molecule has 0 bridgehead atoms. The van der Waals surface area contributed by atoms with E-state index in [1.807, 2.05) is 32.2 Å². The number of fused-ring (bicyclic) bond motifs is 1. The molecule has 0 radical (unpaired) electrons. The largest absolute Gasteiger partial charge is 0.392 e. The average Bonchev–Trinajstić information content (AvgIpc) is 3.47. The van der Waals surface area contributed by atoms with E-state index >= 15 is 0 Å². The van der Waals surface area contributed by atoms with Crippen molar-refractivity contribution in [2.45, 2.75) is 104 Å². The van der Waals surface area contributed by atoms with Crippen LogP contribution in [0, 0.1) is 23.2 Å². The van der Waals surface area contributed by atoms with Crippen LogP contribution in [-0.2, 0) is 20.9 Å². The van der Waals surface area contributed by atoms with E-state index < -0.39 is 23.5 Å². The maximum Gasteiger partial charge on any atom is 0.223 e. The fraction of sp³-hybridized carbons (Fsp3) is 0.741. The van der Waals surface area contributed by atoms with E-state index in [4.69, 9.17) is 4.74 Å². The van der Waals surface area contributed by atoms with Crippen molar-refractivity contribution in [2.75, 3.05) is 0 Å². The monoisotopic (exact) mass is 522 g/mol. The molecule has 9 heteroatoms. The minimum Gasteiger partial charge on any atom is -0.392 e. The van der Waals surface area contributed by atoms with Crippen LogP contribution in [0.2, 0.25) is 0 Å². The molecular formula is C27H42N2O6S. The number of carbonyl (C=O) groups is 2. The molecule has 202 valence electrons. The second kappa shape index (κ2) is 11.8. The molecule has 3 heterocycles. The summed E-state index contributed by atoms with van der Waals surface area (Å²) < 4.78 is 6.01. The van der Waals surface area contributed by atoms with Crippen LogP contribution in [0.5, 0.6) is 0 Å². The normalized spacial score (nSPS) is 36.8. The summed E-state index contributed by atoms with van der Waals surface area (Å²) in [4.78, 5) is 30.7. The van der Waals surface area contributed by atoms with Crippen LogP contribution >= 0.6 is 11.3 Å². The van der Waals surface area contributed by atoms with E-state index in [0.29, 0.717) is 5.01 Å². The van der Waals surface area contributed by atoms with E-state index in [0.717, 1.165) is 30.5 Å². The molecular weight excluding hydrogens is 480 g/mol. The summed E-state index contributed by atoms with van der Waals surface area (Å²) in [7, 11) is 0. The molecule has 4 N–H and O–H groups in total. The quantitative estimate of drug-likeness (QED) is 0.449. The van der Waals surface area contributed by atoms with Gasteiger partial charge in [-0.3, -0.25) is 9.59 Å². The Bertz CT molecular complexity index is 960. The lowest BCUT2D eigenvalue weighted by molar-refractivity contribution is -0.143. The zero-order valence-electron chi connectivity index (χ0n) is 22.2. The fourth-order valence-electron chi connectivity index (χ4n) is 5.36. The van der Waals surface area contributed by atoms with Crippen LogP contribution in [0.15, 0.2) is 11.0 Å². The van der Waals surface area contributed by atoms with Crippen molar-refractivity contribution in [1.82, 2.24) is 10.3 Å². The van der Waals surface area contributed by atoms with Crippen LogP contribution in [0.3, 0.4) is 0 Å². The standard InChI is InChI=1S/C27H42N2O6S/c1-14-8-7-9-19-25(35-19)16(3)23(15(2)10-18-13-36-22(12-30)28-18)29-21(32)11-20(31)27(5,6)26(34)17(4)24(14)33/h10,13-14,16-17,19-20,23-25,30-31,33H,7-9,11-12H2,1-6H3,(H,29,32)/b15-10+/t14-,16+,17+,19+,20-,23+,24-,25-/m0/s1. The first kappa shape index (κ1) is 28.9. The Labute approximate surface area is 218 Å². The Kier molecular flexibility index (Phi) is 9.49. The van der Waals surface area contributed by atoms with Gasteiger partial charge in [0.05, 0.1) is 54.6 Å². The number of ether oxygens (including phenoxy) is 1. The number of ketones is 1. The van der Waals surface area contributed by atoms with E-state index in [1.165, 1.54) is 11.3 Å². The number of aliphatic hydroxyl groups is 3. The highest BCUT2D eigenvalue weighted by molar-refractivity contribution is 7.09. The molecule has 0 unspecified atom stereocenters. The Morgan fingerprint density at radius 3 is 2.58 bits per heavy atom. The molecule has 36 heavy (non-hydrogen) atoms. The van der Waals surface area contributed by atoms with Gasteiger partial charge in [-0.15, -0.1) is 11.3 Å². The summed E-state index contributed by atoms with van der Waals surface area (Å²) in [6.45, 7) is 10.8. The minimum atomic E-state index is -1.20. The molecule has 2 fully saturated rings. The number of hydrogen-bond donors (Lipinski definition) is 4. The molecule has 1 aromatic rings. The Balaban J connectivity index is 1.87. The van der Waals surface area contributed by atoms with Crippen molar-refractivity contribution in [2.24, 2.45) is 23.2 Å². The summed E-state index contributed by atoms with van der Waals surface area (Å²) in [5.41, 5.74) is 0.430. The summed E-state index contributed by atoms with van der Waals surface area (Å²) in [5, 5.41) is 36.6. The number of thiazole rings is 1. The Morgan fingerprint density at radius 1 is 1.25 bits per heavy atom. The first-order valence-electron chi connectivity index (χ1n) is 13.0. The van der Waals surface area contributed by atoms with E-state index in [-0.39, 0.29) is 54.8 Å². The lowest BCUT2D eigenvalue weighted by Crippen LogP contribution is -2.48. The molecule has 1 amide bonds. The molecule has 8 atom stereocenters. The van der Waals surface area contributed by atoms with E-state index in [9.17, 15) is 24.9 Å². The van der Waals surface area contributed by atoms with Crippen molar-refractivity contribution in [3.8, 4) is 0 Å². The number of amides is 1. The molecule has 0 aliphatic carbocycles. The molecule has 2 aliphatic heterocycles. The molecule has 0 aromatic carbocycles. The number of Topliss-reactive ketones (excluding diaryl/α,β-unsaturated/α-hetero) is 1. The number of rotatable bonds is 3. The summed E-state index contributed by atoms with van der Waals surface area (Å²) in [5.74, 6) is -1.33. The van der Waals surface area contributed by atoms with E-state index in [1.54, 1.807) is 20.8 Å². The number of carbonyl (C=O) groups excluding carboxylic acids is 2. The van der Waals surface area contributed by atoms with Gasteiger partial charge in [-0.25, -0.2) is 4.98 Å². The average molecular weight is 523 g/mol. The lowest BCUT2D eigenvalue weighted by Gasteiger charge is -2.35. The molecule has 0 saturated carbocycles. The third-order valence-corrected chi connectivity index (χ3v) is 8.91. The van der Waals surface area contributed by atoms with Gasteiger partial charge in [0.25, 0.3) is 0 Å². The van der Waals surface area contributed by atoms with Gasteiger partial charge in [-0.05, 0) is 37.3 Å². The van der Waals surface area contributed by atoms with Crippen LogP contribution in [-0.4, -0.2) is 62.5 Å². The van der Waals surface area contributed by atoms with Crippen LogP contribution in [0.25, 0.3) is 6.08 Å². The van der Waals surface area contributed by atoms with Gasteiger partial charge in [0.1, 0.15) is 10.8 Å². The number of aromatic nitrogens is 1. The summed E-state index contributed by atoms with van der Waals surface area (Å²) in [6, 6.07) is -0.342.